The molecule has 0 saturated carbocycles. The molecule has 1 heterocycles. The van der Waals surface area contributed by atoms with Gasteiger partial charge in [0, 0.05) is 0 Å². The van der Waals surface area contributed by atoms with Crippen LogP contribution in [0.3, 0.4) is 0 Å². The number of ether oxygens (including phenoxy) is 2. The van der Waals surface area contributed by atoms with Gasteiger partial charge in [-0.3, -0.25) is 0 Å². The molecule has 1 rings (SSSR count). The highest BCUT2D eigenvalue weighted by atomic mass is 16.7. The standard InChI is InChI=1S/C12H22O7/c1-3-5-6(4-2)18-12-9(15)7(13)8(14)10(19-12)11(16)17/h6-10,12-15H,3-5H2,1-2H3,(H,16,17). The minimum atomic E-state index is -1.68. The van der Waals surface area contributed by atoms with Crippen LogP contribution < -0.4 is 0 Å². The topological polar surface area (TPSA) is 116 Å². The van der Waals surface area contributed by atoms with Gasteiger partial charge in [-0.05, 0) is 12.8 Å². The molecule has 0 aromatic rings. The summed E-state index contributed by atoms with van der Waals surface area (Å²) in [7, 11) is 0. The van der Waals surface area contributed by atoms with Crippen LogP contribution in [0.5, 0.6) is 0 Å². The average molecular weight is 278 g/mol. The van der Waals surface area contributed by atoms with Crippen LogP contribution in [0.25, 0.3) is 0 Å². The maximum Gasteiger partial charge on any atom is 0.335 e. The lowest BCUT2D eigenvalue weighted by molar-refractivity contribution is -0.304. The predicted molar refractivity (Wildman–Crippen MR) is 64.4 cm³/mol. The number of aliphatic carboxylic acids is 1. The van der Waals surface area contributed by atoms with Gasteiger partial charge in [0.2, 0.25) is 0 Å². The summed E-state index contributed by atoms with van der Waals surface area (Å²) < 4.78 is 10.5. The number of carboxylic acid groups (broad SMARTS) is 1. The van der Waals surface area contributed by atoms with Crippen molar-refractivity contribution in [3.63, 3.8) is 0 Å². The van der Waals surface area contributed by atoms with Crippen LogP contribution in [0, 0.1) is 0 Å². The number of rotatable bonds is 6. The minimum Gasteiger partial charge on any atom is -0.479 e. The van der Waals surface area contributed by atoms with E-state index in [9.17, 15) is 20.1 Å². The van der Waals surface area contributed by atoms with Crippen molar-refractivity contribution in [1.29, 1.82) is 0 Å². The van der Waals surface area contributed by atoms with Gasteiger partial charge in [0.15, 0.2) is 12.4 Å². The lowest BCUT2D eigenvalue weighted by Crippen LogP contribution is -2.60. The highest BCUT2D eigenvalue weighted by molar-refractivity contribution is 5.73. The molecule has 0 spiro atoms. The Morgan fingerprint density at radius 2 is 1.84 bits per heavy atom. The summed E-state index contributed by atoms with van der Waals surface area (Å²) in [5.74, 6) is -1.41. The van der Waals surface area contributed by atoms with E-state index in [1.54, 1.807) is 0 Å². The Balaban J connectivity index is 2.73. The minimum absolute atomic E-state index is 0.193. The van der Waals surface area contributed by atoms with Gasteiger partial charge in [-0.1, -0.05) is 20.3 Å². The fraction of sp³-hybridized carbons (Fsp3) is 0.917. The molecule has 0 bridgehead atoms. The Hall–Kier alpha value is -0.730. The molecule has 1 aliphatic heterocycles. The van der Waals surface area contributed by atoms with Gasteiger partial charge in [0.05, 0.1) is 6.10 Å². The fourth-order valence-electron chi connectivity index (χ4n) is 2.04. The van der Waals surface area contributed by atoms with E-state index in [2.05, 4.69) is 0 Å². The highest BCUT2D eigenvalue weighted by Crippen LogP contribution is 2.24. The Morgan fingerprint density at radius 1 is 1.21 bits per heavy atom. The summed E-state index contributed by atoms with van der Waals surface area (Å²) in [4.78, 5) is 10.9. The van der Waals surface area contributed by atoms with Crippen molar-refractivity contribution in [2.45, 2.75) is 69.9 Å². The second kappa shape index (κ2) is 7.16. The van der Waals surface area contributed by atoms with Gasteiger partial charge in [-0.2, -0.15) is 0 Å². The Kier molecular flexibility index (Phi) is 6.15. The van der Waals surface area contributed by atoms with Gasteiger partial charge < -0.3 is 29.9 Å². The van der Waals surface area contributed by atoms with E-state index in [0.717, 1.165) is 12.8 Å². The van der Waals surface area contributed by atoms with Crippen molar-refractivity contribution in [3.8, 4) is 0 Å². The average Bonchev–Trinajstić information content (AvgIpc) is 2.38. The molecular formula is C12H22O7. The number of hydrogen-bond donors (Lipinski definition) is 4. The molecule has 0 radical (unpaired) electrons. The number of hydrogen-bond acceptors (Lipinski definition) is 6. The molecule has 0 aromatic carbocycles. The second-order valence-corrected chi connectivity index (χ2v) is 4.69. The molecule has 4 N–H and O–H groups in total. The van der Waals surface area contributed by atoms with Gasteiger partial charge in [0.25, 0.3) is 0 Å². The molecule has 7 heteroatoms. The van der Waals surface area contributed by atoms with Gasteiger partial charge in [-0.25, -0.2) is 4.79 Å². The summed E-state index contributed by atoms with van der Waals surface area (Å²) in [6.45, 7) is 3.87. The third-order valence-electron chi connectivity index (χ3n) is 3.21. The van der Waals surface area contributed by atoms with Crippen LogP contribution in [-0.4, -0.2) is 63.2 Å². The summed E-state index contributed by atoms with van der Waals surface area (Å²) in [6.07, 6.45) is -5.54. The molecule has 6 atom stereocenters. The number of aliphatic hydroxyl groups is 3. The van der Waals surface area contributed by atoms with E-state index in [4.69, 9.17) is 14.6 Å². The van der Waals surface area contributed by atoms with E-state index in [-0.39, 0.29) is 6.10 Å². The summed E-state index contributed by atoms with van der Waals surface area (Å²) >= 11 is 0. The van der Waals surface area contributed by atoms with E-state index >= 15 is 0 Å². The van der Waals surface area contributed by atoms with E-state index in [1.165, 1.54) is 0 Å². The molecule has 0 amide bonds. The highest BCUT2D eigenvalue weighted by Gasteiger charge is 2.47. The number of aliphatic hydroxyl groups excluding tert-OH is 3. The molecule has 7 nitrogen and oxygen atoms in total. The van der Waals surface area contributed by atoms with Crippen LogP contribution in [0.4, 0.5) is 0 Å². The SMILES string of the molecule is CCCC(CC)OC1OC(C(=O)O)C(O)C(O)C1O. The van der Waals surface area contributed by atoms with E-state index in [0.29, 0.717) is 6.42 Å². The first kappa shape index (κ1) is 16.3. The lowest BCUT2D eigenvalue weighted by atomic mass is 9.99. The van der Waals surface area contributed by atoms with Crippen molar-refractivity contribution < 1.29 is 34.7 Å². The number of carbonyl (C=O) groups is 1. The first-order valence-corrected chi connectivity index (χ1v) is 6.50. The zero-order valence-corrected chi connectivity index (χ0v) is 11.1. The van der Waals surface area contributed by atoms with Crippen LogP contribution >= 0.6 is 0 Å². The fourth-order valence-corrected chi connectivity index (χ4v) is 2.04. The van der Waals surface area contributed by atoms with Gasteiger partial charge in [-0.15, -0.1) is 0 Å². The van der Waals surface area contributed by atoms with Crippen LogP contribution in [0.2, 0.25) is 0 Å². The first-order chi connectivity index (χ1) is 8.92. The van der Waals surface area contributed by atoms with Gasteiger partial charge >= 0.3 is 5.97 Å². The quantitative estimate of drug-likeness (QED) is 0.516. The number of carboxylic acids is 1. The molecule has 6 unspecified atom stereocenters. The van der Waals surface area contributed by atoms with Crippen LogP contribution in [-0.2, 0) is 14.3 Å². The molecule has 1 aliphatic rings. The molecular weight excluding hydrogens is 256 g/mol. The third-order valence-corrected chi connectivity index (χ3v) is 3.21. The normalized spacial score (nSPS) is 37.0. The smallest absolute Gasteiger partial charge is 0.335 e. The van der Waals surface area contributed by atoms with Crippen molar-refractivity contribution >= 4 is 5.97 Å². The maximum atomic E-state index is 10.9. The van der Waals surface area contributed by atoms with Crippen molar-refractivity contribution in [2.24, 2.45) is 0 Å². The predicted octanol–water partition coefficient (Wildman–Crippen LogP) is -0.526. The Morgan fingerprint density at radius 3 is 2.32 bits per heavy atom. The second-order valence-electron chi connectivity index (χ2n) is 4.69. The summed E-state index contributed by atoms with van der Waals surface area (Å²) in [6, 6.07) is 0. The van der Waals surface area contributed by atoms with Gasteiger partial charge in [0.1, 0.15) is 18.3 Å². The zero-order chi connectivity index (χ0) is 14.6. The monoisotopic (exact) mass is 278 g/mol. The molecule has 112 valence electrons. The molecule has 1 saturated heterocycles. The van der Waals surface area contributed by atoms with Crippen molar-refractivity contribution in [3.05, 3.63) is 0 Å². The third kappa shape index (κ3) is 3.87. The van der Waals surface area contributed by atoms with E-state index in [1.807, 2.05) is 13.8 Å². The lowest BCUT2D eigenvalue weighted by Gasteiger charge is -2.39. The first-order valence-electron chi connectivity index (χ1n) is 6.50. The van der Waals surface area contributed by atoms with E-state index < -0.39 is 36.7 Å². The molecule has 19 heavy (non-hydrogen) atoms. The van der Waals surface area contributed by atoms with Crippen molar-refractivity contribution in [1.82, 2.24) is 0 Å². The summed E-state index contributed by atoms with van der Waals surface area (Å²) in [5, 5.41) is 37.8. The zero-order valence-electron chi connectivity index (χ0n) is 11.1. The Bertz CT molecular complexity index is 296. The van der Waals surface area contributed by atoms with Crippen molar-refractivity contribution in [2.75, 3.05) is 0 Å². The summed E-state index contributed by atoms with van der Waals surface area (Å²) in [5.41, 5.74) is 0. The van der Waals surface area contributed by atoms with Crippen LogP contribution in [0.1, 0.15) is 33.1 Å². The molecule has 0 aliphatic carbocycles. The molecule has 1 fully saturated rings. The maximum absolute atomic E-state index is 10.9. The molecule has 0 aromatic heterocycles. The largest absolute Gasteiger partial charge is 0.479 e. The van der Waals surface area contributed by atoms with Crippen LogP contribution in [0.15, 0.2) is 0 Å². The Labute approximate surface area is 111 Å².